The van der Waals surface area contributed by atoms with Crippen LogP contribution in [0.3, 0.4) is 0 Å². The van der Waals surface area contributed by atoms with Crippen molar-refractivity contribution in [2.24, 2.45) is 5.41 Å². The molecule has 0 saturated heterocycles. The van der Waals surface area contributed by atoms with Crippen molar-refractivity contribution >= 4 is 0 Å². The lowest BCUT2D eigenvalue weighted by Gasteiger charge is -2.24. The summed E-state index contributed by atoms with van der Waals surface area (Å²) in [6.07, 6.45) is -3.64. The summed E-state index contributed by atoms with van der Waals surface area (Å²) >= 11 is 0. The van der Waals surface area contributed by atoms with Crippen LogP contribution in [0.5, 0.6) is 0 Å². The van der Waals surface area contributed by atoms with Gasteiger partial charge in [-0.05, 0) is 30.5 Å². The van der Waals surface area contributed by atoms with Crippen molar-refractivity contribution in [3.05, 3.63) is 35.4 Å². The van der Waals surface area contributed by atoms with E-state index in [4.69, 9.17) is 0 Å². The molecule has 0 aromatic heterocycles. The van der Waals surface area contributed by atoms with E-state index in [1.807, 2.05) is 20.9 Å². The molecule has 0 aliphatic carbocycles. The Morgan fingerprint density at radius 3 is 2.35 bits per heavy atom. The minimum absolute atomic E-state index is 0.0566. The van der Waals surface area contributed by atoms with E-state index < -0.39 is 11.7 Å². The Morgan fingerprint density at radius 2 is 1.82 bits per heavy atom. The van der Waals surface area contributed by atoms with Gasteiger partial charge in [0.25, 0.3) is 0 Å². The Bertz CT molecular complexity index is 369. The third-order valence-corrected chi connectivity index (χ3v) is 2.59. The van der Waals surface area contributed by atoms with Gasteiger partial charge >= 0.3 is 6.18 Å². The number of halogens is 3. The average molecular weight is 245 g/mol. The van der Waals surface area contributed by atoms with Gasteiger partial charge in [-0.1, -0.05) is 32.0 Å². The van der Waals surface area contributed by atoms with Crippen molar-refractivity contribution in [3.63, 3.8) is 0 Å². The fourth-order valence-corrected chi connectivity index (χ4v) is 1.95. The standard InChI is InChI=1S/C13H18F3N/c1-12(2,9-17-3)8-10-5-4-6-11(7-10)13(14,15)16/h4-7,17H,8-9H2,1-3H3. The maximum atomic E-state index is 12.5. The average Bonchev–Trinajstić information content (AvgIpc) is 2.15. The van der Waals surface area contributed by atoms with E-state index in [1.165, 1.54) is 12.1 Å². The smallest absolute Gasteiger partial charge is 0.319 e. The summed E-state index contributed by atoms with van der Waals surface area (Å²) in [4.78, 5) is 0. The fourth-order valence-electron chi connectivity index (χ4n) is 1.95. The van der Waals surface area contributed by atoms with Gasteiger partial charge in [-0.15, -0.1) is 0 Å². The highest BCUT2D eigenvalue weighted by Crippen LogP contribution is 2.31. The Kier molecular flexibility index (Phi) is 4.20. The molecule has 0 amide bonds. The number of nitrogens with one attached hydrogen (secondary N) is 1. The summed E-state index contributed by atoms with van der Waals surface area (Å²) in [5, 5.41) is 3.05. The van der Waals surface area contributed by atoms with Crippen LogP contribution in [0.1, 0.15) is 25.0 Å². The van der Waals surface area contributed by atoms with E-state index in [9.17, 15) is 13.2 Å². The Labute approximate surface area is 100 Å². The van der Waals surface area contributed by atoms with Crippen molar-refractivity contribution in [1.82, 2.24) is 5.32 Å². The van der Waals surface area contributed by atoms with E-state index in [1.54, 1.807) is 6.07 Å². The van der Waals surface area contributed by atoms with Crippen LogP contribution < -0.4 is 5.32 Å². The van der Waals surface area contributed by atoms with Crippen LogP contribution in [-0.2, 0) is 12.6 Å². The first-order chi connectivity index (χ1) is 7.74. The van der Waals surface area contributed by atoms with E-state index in [-0.39, 0.29) is 5.41 Å². The van der Waals surface area contributed by atoms with Crippen LogP contribution in [0.15, 0.2) is 24.3 Å². The van der Waals surface area contributed by atoms with Gasteiger partial charge in [0.05, 0.1) is 5.56 Å². The maximum Gasteiger partial charge on any atom is 0.416 e. The van der Waals surface area contributed by atoms with Crippen LogP contribution in [0.4, 0.5) is 13.2 Å². The normalized spacial score (nSPS) is 12.8. The molecule has 0 aliphatic heterocycles. The summed E-state index contributed by atoms with van der Waals surface area (Å²) in [6.45, 7) is 4.83. The number of hydrogen-bond donors (Lipinski definition) is 1. The van der Waals surface area contributed by atoms with Crippen molar-refractivity contribution in [1.29, 1.82) is 0 Å². The Hall–Kier alpha value is -1.03. The zero-order chi connectivity index (χ0) is 13.1. The number of rotatable bonds is 4. The third kappa shape index (κ3) is 4.38. The highest BCUT2D eigenvalue weighted by Gasteiger charge is 2.30. The molecule has 96 valence electrons. The van der Waals surface area contributed by atoms with Crippen molar-refractivity contribution in [2.75, 3.05) is 13.6 Å². The van der Waals surface area contributed by atoms with Gasteiger partial charge in [-0.2, -0.15) is 13.2 Å². The third-order valence-electron chi connectivity index (χ3n) is 2.59. The summed E-state index contributed by atoms with van der Waals surface area (Å²) in [5.41, 5.74) is 0.0919. The predicted molar refractivity (Wildman–Crippen MR) is 62.9 cm³/mol. The van der Waals surface area contributed by atoms with Gasteiger partial charge in [0.15, 0.2) is 0 Å². The minimum Gasteiger partial charge on any atom is -0.319 e. The predicted octanol–water partition coefficient (Wildman–Crippen LogP) is 3.49. The van der Waals surface area contributed by atoms with Gasteiger partial charge in [-0.3, -0.25) is 0 Å². The van der Waals surface area contributed by atoms with Crippen LogP contribution >= 0.6 is 0 Å². The lowest BCUT2D eigenvalue weighted by Crippen LogP contribution is -2.28. The summed E-state index contributed by atoms with van der Waals surface area (Å²) in [6, 6.07) is 5.55. The molecule has 0 bridgehead atoms. The second-order valence-electron chi connectivity index (χ2n) is 5.07. The number of alkyl halides is 3. The summed E-state index contributed by atoms with van der Waals surface area (Å²) in [7, 11) is 1.84. The van der Waals surface area contributed by atoms with Crippen molar-refractivity contribution in [3.8, 4) is 0 Å². The second kappa shape index (κ2) is 5.08. The molecule has 1 aromatic rings. The molecule has 0 radical (unpaired) electrons. The molecule has 1 nitrogen and oxygen atoms in total. The highest BCUT2D eigenvalue weighted by molar-refractivity contribution is 5.26. The SMILES string of the molecule is CNCC(C)(C)Cc1cccc(C(F)(F)F)c1. The molecular weight excluding hydrogens is 227 g/mol. The van der Waals surface area contributed by atoms with Crippen LogP contribution in [0.25, 0.3) is 0 Å². The quantitative estimate of drug-likeness (QED) is 0.856. The Morgan fingerprint density at radius 1 is 1.18 bits per heavy atom. The van der Waals surface area contributed by atoms with Crippen LogP contribution in [0.2, 0.25) is 0 Å². The second-order valence-corrected chi connectivity index (χ2v) is 5.07. The molecular formula is C13H18F3N. The zero-order valence-electron chi connectivity index (χ0n) is 10.4. The molecule has 0 heterocycles. The lowest BCUT2D eigenvalue weighted by atomic mass is 9.85. The molecule has 1 aromatic carbocycles. The van der Waals surface area contributed by atoms with E-state index in [0.717, 1.165) is 18.2 Å². The first kappa shape index (κ1) is 14.0. The molecule has 0 saturated carbocycles. The largest absolute Gasteiger partial charge is 0.416 e. The molecule has 0 spiro atoms. The molecule has 0 aliphatic rings. The zero-order valence-corrected chi connectivity index (χ0v) is 10.4. The van der Waals surface area contributed by atoms with Crippen molar-refractivity contribution in [2.45, 2.75) is 26.4 Å². The van der Waals surface area contributed by atoms with Crippen LogP contribution in [-0.4, -0.2) is 13.6 Å². The molecule has 17 heavy (non-hydrogen) atoms. The molecule has 4 heteroatoms. The van der Waals surface area contributed by atoms with E-state index >= 15 is 0 Å². The van der Waals surface area contributed by atoms with Gasteiger partial charge in [-0.25, -0.2) is 0 Å². The van der Waals surface area contributed by atoms with Gasteiger partial charge in [0, 0.05) is 6.54 Å². The molecule has 1 rings (SSSR count). The van der Waals surface area contributed by atoms with Gasteiger partial charge in [0.2, 0.25) is 0 Å². The lowest BCUT2D eigenvalue weighted by molar-refractivity contribution is -0.137. The molecule has 0 fully saturated rings. The van der Waals surface area contributed by atoms with Gasteiger partial charge < -0.3 is 5.32 Å². The van der Waals surface area contributed by atoms with E-state index in [0.29, 0.717) is 6.42 Å². The first-order valence-corrected chi connectivity index (χ1v) is 5.55. The maximum absolute atomic E-state index is 12.5. The summed E-state index contributed by atoms with van der Waals surface area (Å²) < 4.78 is 37.6. The molecule has 1 N–H and O–H groups in total. The molecule has 0 atom stereocenters. The van der Waals surface area contributed by atoms with Crippen LogP contribution in [0, 0.1) is 5.41 Å². The molecule has 0 unspecified atom stereocenters. The van der Waals surface area contributed by atoms with E-state index in [2.05, 4.69) is 5.32 Å². The Balaban J connectivity index is 2.86. The highest BCUT2D eigenvalue weighted by atomic mass is 19.4. The van der Waals surface area contributed by atoms with Gasteiger partial charge in [0.1, 0.15) is 0 Å². The first-order valence-electron chi connectivity index (χ1n) is 5.55. The minimum atomic E-state index is -4.26. The fraction of sp³-hybridized carbons (Fsp3) is 0.538. The van der Waals surface area contributed by atoms with Crippen molar-refractivity contribution < 1.29 is 13.2 Å². The number of hydrogen-bond acceptors (Lipinski definition) is 1. The topological polar surface area (TPSA) is 12.0 Å². The monoisotopic (exact) mass is 245 g/mol. The summed E-state index contributed by atoms with van der Waals surface area (Å²) in [5.74, 6) is 0. The number of benzene rings is 1.